The largest absolute Gasteiger partial charge is 0.381 e. The summed E-state index contributed by atoms with van der Waals surface area (Å²) in [5.41, 5.74) is 5.99. The summed E-state index contributed by atoms with van der Waals surface area (Å²) in [5, 5.41) is 0. The summed E-state index contributed by atoms with van der Waals surface area (Å²) >= 11 is 0. The van der Waals surface area contributed by atoms with Gasteiger partial charge in [-0.3, -0.25) is 0 Å². The first-order valence-electron chi connectivity index (χ1n) is 7.40. The van der Waals surface area contributed by atoms with Gasteiger partial charge in [0.15, 0.2) is 0 Å². The van der Waals surface area contributed by atoms with E-state index in [9.17, 15) is 0 Å². The van der Waals surface area contributed by atoms with E-state index < -0.39 is 0 Å². The Kier molecular flexibility index (Phi) is 5.75. The standard InChI is InChI=1S/C14H28N2O/c15-14-5-3-9-16(12-14)8-2-1-4-13-6-10-17-11-7-13/h13-14H,1-12,15H2. The molecule has 2 rings (SSSR count). The van der Waals surface area contributed by atoms with Crippen molar-refractivity contribution in [3.8, 4) is 0 Å². The van der Waals surface area contributed by atoms with Gasteiger partial charge in [-0.2, -0.15) is 0 Å². The molecule has 2 aliphatic heterocycles. The van der Waals surface area contributed by atoms with Crippen molar-refractivity contribution in [2.24, 2.45) is 11.7 Å². The van der Waals surface area contributed by atoms with Crippen LogP contribution in [0.1, 0.15) is 44.9 Å². The number of piperidine rings is 1. The van der Waals surface area contributed by atoms with Gasteiger partial charge in [-0.05, 0) is 51.1 Å². The molecule has 0 aromatic heterocycles. The van der Waals surface area contributed by atoms with Crippen molar-refractivity contribution in [2.75, 3.05) is 32.8 Å². The van der Waals surface area contributed by atoms with E-state index in [0.717, 1.165) is 25.7 Å². The van der Waals surface area contributed by atoms with E-state index in [4.69, 9.17) is 10.5 Å². The van der Waals surface area contributed by atoms with Gasteiger partial charge in [-0.15, -0.1) is 0 Å². The Morgan fingerprint density at radius 3 is 2.71 bits per heavy atom. The van der Waals surface area contributed by atoms with Crippen LogP contribution in [0.3, 0.4) is 0 Å². The van der Waals surface area contributed by atoms with Crippen molar-refractivity contribution in [3.05, 3.63) is 0 Å². The lowest BCUT2D eigenvalue weighted by atomic mass is 9.94. The van der Waals surface area contributed by atoms with Crippen LogP contribution in [0.5, 0.6) is 0 Å². The lowest BCUT2D eigenvalue weighted by molar-refractivity contribution is 0.0627. The first-order chi connectivity index (χ1) is 8.34. The van der Waals surface area contributed by atoms with Gasteiger partial charge in [0.25, 0.3) is 0 Å². The average molecular weight is 240 g/mol. The Hall–Kier alpha value is -0.120. The molecular weight excluding hydrogens is 212 g/mol. The summed E-state index contributed by atoms with van der Waals surface area (Å²) < 4.78 is 5.39. The molecule has 2 saturated heterocycles. The molecule has 0 saturated carbocycles. The van der Waals surface area contributed by atoms with E-state index >= 15 is 0 Å². The summed E-state index contributed by atoms with van der Waals surface area (Å²) in [4.78, 5) is 2.55. The molecule has 2 fully saturated rings. The van der Waals surface area contributed by atoms with Crippen molar-refractivity contribution >= 4 is 0 Å². The number of rotatable bonds is 5. The van der Waals surface area contributed by atoms with Crippen LogP contribution in [-0.2, 0) is 4.74 Å². The molecule has 1 unspecified atom stereocenters. The zero-order chi connectivity index (χ0) is 11.9. The van der Waals surface area contributed by atoms with Crippen molar-refractivity contribution in [2.45, 2.75) is 51.0 Å². The normalized spacial score (nSPS) is 28.4. The molecule has 2 aliphatic rings. The van der Waals surface area contributed by atoms with Crippen LogP contribution in [-0.4, -0.2) is 43.8 Å². The minimum atomic E-state index is 0.430. The summed E-state index contributed by atoms with van der Waals surface area (Å²) in [6.07, 6.45) is 9.23. The molecule has 1 atom stereocenters. The summed E-state index contributed by atoms with van der Waals surface area (Å²) in [7, 11) is 0. The number of unbranched alkanes of at least 4 members (excludes halogenated alkanes) is 1. The minimum absolute atomic E-state index is 0.430. The van der Waals surface area contributed by atoms with E-state index in [1.807, 2.05) is 0 Å². The lowest BCUT2D eigenvalue weighted by Gasteiger charge is -2.30. The maximum Gasteiger partial charge on any atom is 0.0468 e. The molecule has 0 amide bonds. The highest BCUT2D eigenvalue weighted by Crippen LogP contribution is 2.21. The van der Waals surface area contributed by atoms with Crippen LogP contribution in [0.2, 0.25) is 0 Å². The number of hydrogen-bond donors (Lipinski definition) is 1. The third kappa shape index (κ3) is 4.94. The second-order valence-corrected chi connectivity index (χ2v) is 5.75. The van der Waals surface area contributed by atoms with E-state index in [1.165, 1.54) is 58.0 Å². The topological polar surface area (TPSA) is 38.5 Å². The minimum Gasteiger partial charge on any atom is -0.381 e. The second kappa shape index (κ2) is 7.34. The Bertz CT molecular complexity index is 204. The fourth-order valence-corrected chi connectivity index (χ4v) is 3.10. The Morgan fingerprint density at radius 2 is 1.94 bits per heavy atom. The molecule has 100 valence electrons. The van der Waals surface area contributed by atoms with Crippen molar-refractivity contribution in [1.29, 1.82) is 0 Å². The van der Waals surface area contributed by atoms with E-state index in [2.05, 4.69) is 4.90 Å². The van der Waals surface area contributed by atoms with Crippen molar-refractivity contribution < 1.29 is 4.74 Å². The van der Waals surface area contributed by atoms with E-state index in [1.54, 1.807) is 0 Å². The SMILES string of the molecule is NC1CCCN(CCCCC2CCOCC2)C1. The molecule has 0 radical (unpaired) electrons. The molecule has 2 N–H and O–H groups in total. The molecule has 3 nitrogen and oxygen atoms in total. The quantitative estimate of drug-likeness (QED) is 0.747. The zero-order valence-corrected chi connectivity index (χ0v) is 11.1. The molecule has 2 heterocycles. The Labute approximate surface area is 106 Å². The fourth-order valence-electron chi connectivity index (χ4n) is 3.10. The van der Waals surface area contributed by atoms with Crippen LogP contribution in [0.25, 0.3) is 0 Å². The second-order valence-electron chi connectivity index (χ2n) is 5.75. The van der Waals surface area contributed by atoms with Gasteiger partial charge in [0.2, 0.25) is 0 Å². The highest BCUT2D eigenvalue weighted by Gasteiger charge is 2.16. The van der Waals surface area contributed by atoms with Gasteiger partial charge in [-0.1, -0.05) is 12.8 Å². The highest BCUT2D eigenvalue weighted by atomic mass is 16.5. The first kappa shape index (κ1) is 13.3. The maximum atomic E-state index is 5.99. The van der Waals surface area contributed by atoms with Crippen LogP contribution in [0.15, 0.2) is 0 Å². The average Bonchev–Trinajstić information content (AvgIpc) is 2.36. The maximum absolute atomic E-state index is 5.99. The summed E-state index contributed by atoms with van der Waals surface area (Å²) in [5.74, 6) is 0.937. The predicted molar refractivity (Wildman–Crippen MR) is 71.0 cm³/mol. The van der Waals surface area contributed by atoms with Crippen molar-refractivity contribution in [3.63, 3.8) is 0 Å². The molecular formula is C14H28N2O. The van der Waals surface area contributed by atoms with Crippen LogP contribution < -0.4 is 5.73 Å². The summed E-state index contributed by atoms with van der Waals surface area (Å²) in [6.45, 7) is 5.64. The van der Waals surface area contributed by atoms with E-state index in [0.29, 0.717) is 6.04 Å². The van der Waals surface area contributed by atoms with Gasteiger partial charge in [0, 0.05) is 25.8 Å². The molecule has 0 aromatic carbocycles. The molecule has 3 heteroatoms. The number of hydrogen-bond acceptors (Lipinski definition) is 3. The van der Waals surface area contributed by atoms with Gasteiger partial charge < -0.3 is 15.4 Å². The van der Waals surface area contributed by atoms with Crippen molar-refractivity contribution in [1.82, 2.24) is 4.90 Å². The lowest BCUT2D eigenvalue weighted by Crippen LogP contribution is -2.43. The van der Waals surface area contributed by atoms with Crippen LogP contribution in [0, 0.1) is 5.92 Å². The van der Waals surface area contributed by atoms with Crippen LogP contribution >= 0.6 is 0 Å². The third-order valence-corrected chi connectivity index (χ3v) is 4.22. The third-order valence-electron chi connectivity index (χ3n) is 4.22. The molecule has 0 aromatic rings. The highest BCUT2D eigenvalue weighted by molar-refractivity contribution is 4.74. The fraction of sp³-hybridized carbons (Fsp3) is 1.00. The molecule has 17 heavy (non-hydrogen) atoms. The predicted octanol–water partition coefficient (Wildman–Crippen LogP) is 2.01. The van der Waals surface area contributed by atoms with E-state index in [-0.39, 0.29) is 0 Å². The molecule has 0 spiro atoms. The monoisotopic (exact) mass is 240 g/mol. The first-order valence-corrected chi connectivity index (χ1v) is 7.40. The number of nitrogens with two attached hydrogens (primary N) is 1. The molecule has 0 aliphatic carbocycles. The smallest absolute Gasteiger partial charge is 0.0468 e. The number of likely N-dealkylation sites (tertiary alicyclic amines) is 1. The molecule has 0 bridgehead atoms. The van der Waals surface area contributed by atoms with Gasteiger partial charge in [-0.25, -0.2) is 0 Å². The Morgan fingerprint density at radius 1 is 1.12 bits per heavy atom. The van der Waals surface area contributed by atoms with Gasteiger partial charge in [0.05, 0.1) is 0 Å². The number of nitrogens with zero attached hydrogens (tertiary/aromatic N) is 1. The van der Waals surface area contributed by atoms with Gasteiger partial charge >= 0.3 is 0 Å². The summed E-state index contributed by atoms with van der Waals surface area (Å²) in [6, 6.07) is 0.430. The Balaban J connectivity index is 1.50. The van der Waals surface area contributed by atoms with Crippen LogP contribution in [0.4, 0.5) is 0 Å². The zero-order valence-electron chi connectivity index (χ0n) is 11.1. The number of ether oxygens (including phenoxy) is 1. The van der Waals surface area contributed by atoms with Gasteiger partial charge in [0.1, 0.15) is 0 Å².